The highest BCUT2D eigenvalue weighted by Crippen LogP contribution is 2.60. The van der Waals surface area contributed by atoms with Crippen molar-refractivity contribution in [2.75, 3.05) is 9.80 Å². The van der Waals surface area contributed by atoms with Crippen molar-refractivity contribution in [1.29, 1.82) is 0 Å². The van der Waals surface area contributed by atoms with Crippen LogP contribution in [0.2, 0.25) is 0 Å². The van der Waals surface area contributed by atoms with Gasteiger partial charge in [0.1, 0.15) is 5.69 Å². The fourth-order valence-electron chi connectivity index (χ4n) is 8.90. The lowest BCUT2D eigenvalue weighted by molar-refractivity contribution is 0.446. The van der Waals surface area contributed by atoms with Gasteiger partial charge in [-0.3, -0.25) is 9.88 Å². The molecule has 3 heterocycles. The Labute approximate surface area is 372 Å². The third-order valence-corrected chi connectivity index (χ3v) is 12.1. The van der Waals surface area contributed by atoms with Gasteiger partial charge in [-0.2, -0.15) is 0 Å². The van der Waals surface area contributed by atoms with Gasteiger partial charge in [0.2, 0.25) is 0 Å². The van der Waals surface area contributed by atoms with Gasteiger partial charge >= 0.3 is 0 Å². The van der Waals surface area contributed by atoms with Crippen LogP contribution in [0.4, 0.5) is 34.1 Å². The number of benzene rings is 9. The molecule has 0 N–H and O–H groups in total. The van der Waals surface area contributed by atoms with Gasteiger partial charge in [0.25, 0.3) is 0 Å². The minimum absolute atomic E-state index is 0.767. The zero-order chi connectivity index (χ0) is 42.4. The first-order chi connectivity index (χ1) is 31.7. The van der Waals surface area contributed by atoms with E-state index in [0.717, 1.165) is 102 Å². The lowest BCUT2D eigenvalue weighted by Crippen LogP contribution is -2.20. The second-order valence-electron chi connectivity index (χ2n) is 16.0. The third kappa shape index (κ3) is 6.73. The van der Waals surface area contributed by atoms with Crippen LogP contribution in [-0.4, -0.2) is 4.98 Å². The van der Waals surface area contributed by atoms with Gasteiger partial charge in [0.05, 0.1) is 29.0 Å². The normalized spacial score (nSPS) is 12.0. The maximum Gasteiger partial charge on any atom is 0.156 e. The van der Waals surface area contributed by atoms with Gasteiger partial charge in [0.15, 0.2) is 23.0 Å². The summed E-state index contributed by atoms with van der Waals surface area (Å²) in [6, 6.07) is 80.6. The van der Waals surface area contributed by atoms with E-state index in [-0.39, 0.29) is 0 Å². The highest BCUT2D eigenvalue weighted by Gasteiger charge is 2.35. The number of nitrogens with zero attached hydrogens (tertiary/aromatic N) is 3. The lowest BCUT2D eigenvalue weighted by Gasteiger charge is -2.38. The molecule has 64 heavy (non-hydrogen) atoms. The minimum atomic E-state index is 0.767. The van der Waals surface area contributed by atoms with E-state index < -0.39 is 0 Å². The largest absolute Gasteiger partial charge is 0.453 e. The molecule has 1 aromatic heterocycles. The van der Waals surface area contributed by atoms with Crippen molar-refractivity contribution in [2.45, 2.75) is 0 Å². The number of pyridine rings is 1. The van der Waals surface area contributed by atoms with E-state index in [9.17, 15) is 0 Å². The smallest absolute Gasteiger partial charge is 0.156 e. The van der Waals surface area contributed by atoms with E-state index in [1.165, 1.54) is 11.1 Å². The zero-order valence-corrected chi connectivity index (χ0v) is 34.7. The monoisotopic (exact) mass is 821 g/mol. The average Bonchev–Trinajstić information content (AvgIpc) is 3.37. The molecule has 12 rings (SSSR count). The van der Waals surface area contributed by atoms with E-state index in [2.05, 4.69) is 180 Å². The molecule has 0 amide bonds. The molecule has 5 nitrogen and oxygen atoms in total. The van der Waals surface area contributed by atoms with Crippen molar-refractivity contribution in [3.63, 3.8) is 0 Å². The first-order valence-corrected chi connectivity index (χ1v) is 21.5. The van der Waals surface area contributed by atoms with Crippen LogP contribution in [0.5, 0.6) is 23.0 Å². The van der Waals surface area contributed by atoms with Crippen LogP contribution in [0.25, 0.3) is 55.8 Å². The number of ether oxygens (including phenoxy) is 2. The molecule has 0 radical (unpaired) electrons. The fraction of sp³-hybridized carbons (Fsp3) is 0. The Hall–Kier alpha value is -8.67. The van der Waals surface area contributed by atoms with Gasteiger partial charge in [-0.1, -0.05) is 152 Å². The molecule has 0 unspecified atom stereocenters. The molecule has 0 bridgehead atoms. The minimum Gasteiger partial charge on any atom is -0.453 e. The van der Waals surface area contributed by atoms with Crippen molar-refractivity contribution in [2.24, 2.45) is 0 Å². The van der Waals surface area contributed by atoms with E-state index in [1.54, 1.807) is 0 Å². The SMILES string of the molecule is c1ccc(-c2ccc(N(c3ccc(-c4ccc(-c5cccc(-c6cc7c8c(c6)Oc6ccccc6N8c6ccccc6O7)c5)cc4)cc3)c3ccc(-c4ccccc4)nc3)cc2)cc1. The summed E-state index contributed by atoms with van der Waals surface area (Å²) in [5.74, 6) is 3.16. The first-order valence-electron chi connectivity index (χ1n) is 21.5. The van der Waals surface area contributed by atoms with Crippen molar-refractivity contribution in [3.05, 3.63) is 237 Å². The maximum atomic E-state index is 6.55. The zero-order valence-electron chi connectivity index (χ0n) is 34.7. The molecule has 9 aromatic carbocycles. The second kappa shape index (κ2) is 15.7. The quantitative estimate of drug-likeness (QED) is 0.153. The molecule has 0 spiro atoms. The van der Waals surface area contributed by atoms with Crippen LogP contribution < -0.4 is 19.3 Å². The van der Waals surface area contributed by atoms with Gasteiger partial charge in [-0.25, -0.2) is 0 Å². The van der Waals surface area contributed by atoms with Gasteiger partial charge in [0, 0.05) is 16.9 Å². The van der Waals surface area contributed by atoms with Gasteiger partial charge in [-0.05, 0) is 123 Å². The molecule has 0 atom stereocenters. The van der Waals surface area contributed by atoms with Crippen LogP contribution >= 0.6 is 0 Å². The third-order valence-electron chi connectivity index (χ3n) is 12.1. The number of rotatable bonds is 8. The van der Waals surface area contributed by atoms with Gasteiger partial charge in [-0.15, -0.1) is 0 Å². The molecule has 0 saturated carbocycles. The topological polar surface area (TPSA) is 37.8 Å². The number of aromatic nitrogens is 1. The van der Waals surface area contributed by atoms with E-state index >= 15 is 0 Å². The Bertz CT molecular complexity index is 3140. The molecule has 2 aliphatic heterocycles. The summed E-state index contributed by atoms with van der Waals surface area (Å²) in [7, 11) is 0. The highest BCUT2D eigenvalue weighted by molar-refractivity contribution is 5.95. The Morgan fingerprint density at radius 3 is 1.27 bits per heavy atom. The predicted octanol–water partition coefficient (Wildman–Crippen LogP) is 16.6. The Balaban J connectivity index is 0.829. The summed E-state index contributed by atoms with van der Waals surface area (Å²) >= 11 is 0. The Kier molecular flexibility index (Phi) is 9.08. The molecule has 0 fully saturated rings. The number of hydrogen-bond acceptors (Lipinski definition) is 5. The Morgan fingerprint density at radius 1 is 0.312 bits per heavy atom. The standard InChI is InChI=1S/C59H39N3O2/c1-3-12-40(13-4-1)42-26-30-49(31-27-42)61(51-34-35-52(60-39-51)45-14-5-2-6-15-45)50-32-28-43(29-33-50)41-22-24-44(25-23-41)46-16-11-17-47(36-46)48-37-57-59-58(38-48)64-56-21-10-8-19-54(56)62(59)53-18-7-9-20-55(53)63-57/h1-39H. The predicted molar refractivity (Wildman–Crippen MR) is 261 cm³/mol. The number of hydrogen-bond donors (Lipinski definition) is 0. The van der Waals surface area contributed by atoms with Crippen LogP contribution in [0.1, 0.15) is 0 Å². The summed E-state index contributed by atoms with van der Waals surface area (Å²) in [6.45, 7) is 0. The van der Waals surface area contributed by atoms with Crippen LogP contribution in [0.3, 0.4) is 0 Å². The van der Waals surface area contributed by atoms with Crippen molar-refractivity contribution < 1.29 is 9.47 Å². The average molecular weight is 822 g/mol. The van der Waals surface area contributed by atoms with E-state index in [1.807, 2.05) is 66.9 Å². The molecular formula is C59H39N3O2. The summed E-state index contributed by atoms with van der Waals surface area (Å²) in [5.41, 5.74) is 17.1. The Morgan fingerprint density at radius 2 is 0.734 bits per heavy atom. The second-order valence-corrected chi connectivity index (χ2v) is 16.0. The first kappa shape index (κ1) is 37.1. The summed E-state index contributed by atoms with van der Waals surface area (Å²) in [6.07, 6.45) is 1.96. The van der Waals surface area contributed by atoms with Crippen molar-refractivity contribution >= 4 is 34.1 Å². The van der Waals surface area contributed by atoms with Crippen molar-refractivity contribution in [1.82, 2.24) is 4.98 Å². The van der Waals surface area contributed by atoms with E-state index in [4.69, 9.17) is 14.5 Å². The lowest BCUT2D eigenvalue weighted by atomic mass is 9.96. The van der Waals surface area contributed by atoms with Crippen LogP contribution in [0, 0.1) is 0 Å². The molecule has 302 valence electrons. The van der Waals surface area contributed by atoms with Crippen LogP contribution in [0.15, 0.2) is 237 Å². The van der Waals surface area contributed by atoms with Crippen LogP contribution in [-0.2, 0) is 0 Å². The number of anilines is 6. The molecule has 5 heteroatoms. The van der Waals surface area contributed by atoms with Gasteiger partial charge < -0.3 is 14.4 Å². The molecule has 2 aliphatic rings. The summed E-state index contributed by atoms with van der Waals surface area (Å²) < 4.78 is 13.1. The number of fused-ring (bicyclic) bond motifs is 4. The van der Waals surface area contributed by atoms with Crippen molar-refractivity contribution in [3.8, 4) is 78.8 Å². The molecule has 0 aliphatic carbocycles. The van der Waals surface area contributed by atoms with E-state index in [0.29, 0.717) is 0 Å². The maximum absolute atomic E-state index is 6.55. The molecule has 10 aromatic rings. The highest BCUT2D eigenvalue weighted by atomic mass is 16.5. The fourth-order valence-corrected chi connectivity index (χ4v) is 8.90. The molecular weight excluding hydrogens is 783 g/mol. The summed E-state index contributed by atoms with van der Waals surface area (Å²) in [5, 5.41) is 0. The summed E-state index contributed by atoms with van der Waals surface area (Å²) in [4.78, 5) is 9.41. The number of para-hydroxylation sites is 4. The molecule has 0 saturated heterocycles.